The number of amides is 3. The summed E-state index contributed by atoms with van der Waals surface area (Å²) in [6.45, 7) is 2.97. The molecule has 186 valence electrons. The van der Waals surface area contributed by atoms with E-state index in [0.717, 1.165) is 57.2 Å². The van der Waals surface area contributed by atoms with Crippen LogP contribution in [0.3, 0.4) is 0 Å². The average Bonchev–Trinajstić information content (AvgIpc) is 3.31. The highest BCUT2D eigenvalue weighted by Gasteiger charge is 2.47. The molecule has 6 nitrogen and oxygen atoms in total. The summed E-state index contributed by atoms with van der Waals surface area (Å²) in [5.41, 5.74) is 2.88. The molecule has 2 aromatic carbocycles. The highest BCUT2D eigenvalue weighted by atomic mass is 19.1. The van der Waals surface area contributed by atoms with Crippen molar-refractivity contribution in [1.82, 2.24) is 10.2 Å². The fourth-order valence-electron chi connectivity index (χ4n) is 6.35. The Labute approximate surface area is 206 Å². The van der Waals surface area contributed by atoms with E-state index in [1.54, 1.807) is 0 Å². The third-order valence-corrected chi connectivity index (χ3v) is 7.97. The predicted molar refractivity (Wildman–Crippen MR) is 136 cm³/mol. The molecule has 1 saturated carbocycles. The molecule has 3 amide bonds. The lowest BCUT2D eigenvalue weighted by atomic mass is 9.80. The maximum Gasteiger partial charge on any atom is 0.319 e. The molecule has 1 aliphatic carbocycles. The number of carbonyl (C=O) groups excluding carboxylic acids is 2. The number of nitrogens with zero attached hydrogens (tertiary/aromatic N) is 1. The molecule has 1 saturated heterocycles. The molecular weight excluding hydrogens is 443 g/mol. The summed E-state index contributed by atoms with van der Waals surface area (Å²) < 4.78 is 13.2. The molecule has 0 bridgehead atoms. The number of rotatable bonds is 5. The van der Waals surface area contributed by atoms with E-state index in [1.807, 2.05) is 0 Å². The van der Waals surface area contributed by atoms with Crippen LogP contribution in [0.1, 0.15) is 63.5 Å². The van der Waals surface area contributed by atoms with Gasteiger partial charge in [0, 0.05) is 35.9 Å². The molecule has 2 aromatic rings. The van der Waals surface area contributed by atoms with Gasteiger partial charge in [-0.25, -0.2) is 9.18 Å². The Morgan fingerprint density at radius 3 is 2.63 bits per heavy atom. The van der Waals surface area contributed by atoms with E-state index in [9.17, 15) is 14.0 Å². The quantitative estimate of drug-likeness (QED) is 0.517. The number of hydrogen-bond acceptors (Lipinski definition) is 3. The standard InChI is InChI=1S/C28H35FN4O2/c1-2-7-23-21-16-17-33(26(21)20-8-3-5-10-24(20)31-23)27(34)22-9-4-6-11-25(22)32-28(35)30-19-14-12-18(29)13-15-19/h3,5,8,10,12-15,21-23,25-26,31H,2,4,6-7,9,11,16-17H2,1H3,(H2,30,32,35)/t21-,22+,23+,25-,26+/m1/s1. The zero-order chi connectivity index (χ0) is 24.4. The predicted octanol–water partition coefficient (Wildman–Crippen LogP) is 5.69. The summed E-state index contributed by atoms with van der Waals surface area (Å²) in [6, 6.07) is 14.0. The smallest absolute Gasteiger partial charge is 0.319 e. The van der Waals surface area contributed by atoms with Gasteiger partial charge in [0.15, 0.2) is 0 Å². The van der Waals surface area contributed by atoms with Crippen molar-refractivity contribution in [3.63, 3.8) is 0 Å². The second-order valence-corrected chi connectivity index (χ2v) is 10.2. The number of fused-ring (bicyclic) bond motifs is 3. The molecule has 2 aliphatic heterocycles. The molecule has 7 heteroatoms. The van der Waals surface area contributed by atoms with Crippen LogP contribution in [0.25, 0.3) is 0 Å². The average molecular weight is 479 g/mol. The molecule has 3 N–H and O–H groups in total. The lowest BCUT2D eigenvalue weighted by molar-refractivity contribution is -0.138. The van der Waals surface area contributed by atoms with Crippen LogP contribution in [0, 0.1) is 17.7 Å². The lowest BCUT2D eigenvalue weighted by Crippen LogP contribution is -2.51. The SMILES string of the molecule is CCC[C@@H]1Nc2ccccc2[C@H]2[C@@H]1CCN2C(=O)[C@H]1CCCC[C@H]1NC(=O)Nc1ccc(F)cc1. The number of nitrogens with one attached hydrogen (secondary N) is 3. The van der Waals surface area contributed by atoms with Crippen LogP contribution in [0.15, 0.2) is 48.5 Å². The number of halogens is 1. The Balaban J connectivity index is 1.32. The zero-order valence-electron chi connectivity index (χ0n) is 20.3. The molecule has 0 unspecified atom stereocenters. The van der Waals surface area contributed by atoms with E-state index in [0.29, 0.717) is 17.6 Å². The number of likely N-dealkylation sites (tertiary alicyclic amines) is 1. The van der Waals surface area contributed by atoms with Crippen LogP contribution < -0.4 is 16.0 Å². The number of carbonyl (C=O) groups is 2. The van der Waals surface area contributed by atoms with Crippen LogP contribution >= 0.6 is 0 Å². The minimum absolute atomic E-state index is 0.0899. The Morgan fingerprint density at radius 1 is 1.06 bits per heavy atom. The largest absolute Gasteiger partial charge is 0.382 e. The van der Waals surface area contributed by atoms with Crippen LogP contribution in [0.4, 0.5) is 20.6 Å². The topological polar surface area (TPSA) is 73.5 Å². The number of para-hydroxylation sites is 1. The molecule has 0 aromatic heterocycles. The van der Waals surface area contributed by atoms with E-state index < -0.39 is 0 Å². The number of anilines is 2. The first-order valence-electron chi connectivity index (χ1n) is 13.0. The summed E-state index contributed by atoms with van der Waals surface area (Å²) in [5.74, 6) is -0.00609. The fourth-order valence-corrected chi connectivity index (χ4v) is 6.35. The summed E-state index contributed by atoms with van der Waals surface area (Å²) in [7, 11) is 0. The van der Waals surface area contributed by atoms with Gasteiger partial charge in [0.2, 0.25) is 5.91 Å². The van der Waals surface area contributed by atoms with Gasteiger partial charge in [-0.2, -0.15) is 0 Å². The molecule has 2 heterocycles. The maximum atomic E-state index is 14.0. The summed E-state index contributed by atoms with van der Waals surface area (Å²) in [4.78, 5) is 28.8. The molecule has 0 spiro atoms. The number of hydrogen-bond donors (Lipinski definition) is 3. The lowest BCUT2D eigenvalue weighted by Gasteiger charge is -2.42. The van der Waals surface area contributed by atoms with E-state index in [1.165, 1.54) is 29.8 Å². The van der Waals surface area contributed by atoms with Crippen LogP contribution in [0.5, 0.6) is 0 Å². The second-order valence-electron chi connectivity index (χ2n) is 10.2. The first-order chi connectivity index (χ1) is 17.0. The third-order valence-electron chi connectivity index (χ3n) is 7.97. The minimum atomic E-state index is -0.351. The highest BCUT2D eigenvalue weighted by Crippen LogP contribution is 2.48. The van der Waals surface area contributed by atoms with Gasteiger partial charge in [0.05, 0.1) is 12.0 Å². The highest BCUT2D eigenvalue weighted by molar-refractivity contribution is 5.90. The monoisotopic (exact) mass is 478 g/mol. The van der Waals surface area contributed by atoms with Crippen LogP contribution in [-0.4, -0.2) is 35.5 Å². The summed E-state index contributed by atoms with van der Waals surface area (Å²) in [6.07, 6.45) is 6.75. The van der Waals surface area contributed by atoms with Gasteiger partial charge >= 0.3 is 6.03 Å². The van der Waals surface area contributed by atoms with Crippen LogP contribution in [0.2, 0.25) is 0 Å². The van der Waals surface area contributed by atoms with Gasteiger partial charge in [-0.3, -0.25) is 4.79 Å². The second kappa shape index (κ2) is 10.3. The fraction of sp³-hybridized carbons (Fsp3) is 0.500. The molecular formula is C28H35FN4O2. The Hall–Kier alpha value is -3.09. The zero-order valence-corrected chi connectivity index (χ0v) is 20.3. The van der Waals surface area contributed by atoms with Gasteiger partial charge in [-0.05, 0) is 61.6 Å². The molecule has 5 atom stereocenters. The van der Waals surface area contributed by atoms with E-state index in [-0.39, 0.29) is 35.8 Å². The van der Waals surface area contributed by atoms with Gasteiger partial charge in [-0.15, -0.1) is 0 Å². The van der Waals surface area contributed by atoms with Crippen molar-refractivity contribution < 1.29 is 14.0 Å². The van der Waals surface area contributed by atoms with Crippen molar-refractivity contribution in [2.75, 3.05) is 17.2 Å². The van der Waals surface area contributed by atoms with Gasteiger partial charge in [0.25, 0.3) is 0 Å². The number of urea groups is 1. The molecule has 5 rings (SSSR count). The van der Waals surface area contributed by atoms with Crippen molar-refractivity contribution in [3.05, 3.63) is 59.9 Å². The Morgan fingerprint density at radius 2 is 1.83 bits per heavy atom. The molecule has 2 fully saturated rings. The van der Waals surface area contributed by atoms with Crippen LogP contribution in [-0.2, 0) is 4.79 Å². The van der Waals surface area contributed by atoms with Gasteiger partial charge < -0.3 is 20.9 Å². The Kier molecular flexibility index (Phi) is 6.93. The van der Waals surface area contributed by atoms with Crippen molar-refractivity contribution in [1.29, 1.82) is 0 Å². The summed E-state index contributed by atoms with van der Waals surface area (Å²) >= 11 is 0. The number of benzene rings is 2. The molecule has 3 aliphatic rings. The van der Waals surface area contributed by atoms with Crippen molar-refractivity contribution in [3.8, 4) is 0 Å². The first kappa shape index (κ1) is 23.6. The normalized spacial score (nSPS) is 27.4. The minimum Gasteiger partial charge on any atom is -0.382 e. The van der Waals surface area contributed by atoms with Crippen molar-refractivity contribution >= 4 is 23.3 Å². The molecule has 35 heavy (non-hydrogen) atoms. The van der Waals surface area contributed by atoms with E-state index >= 15 is 0 Å². The molecule has 0 radical (unpaired) electrons. The van der Waals surface area contributed by atoms with Crippen molar-refractivity contribution in [2.45, 2.75) is 70.0 Å². The van der Waals surface area contributed by atoms with E-state index in [4.69, 9.17) is 0 Å². The Bertz CT molecular complexity index is 1060. The van der Waals surface area contributed by atoms with Gasteiger partial charge in [-0.1, -0.05) is 44.4 Å². The van der Waals surface area contributed by atoms with Crippen molar-refractivity contribution in [2.24, 2.45) is 11.8 Å². The van der Waals surface area contributed by atoms with Gasteiger partial charge in [0.1, 0.15) is 5.82 Å². The maximum absolute atomic E-state index is 14.0. The first-order valence-corrected chi connectivity index (χ1v) is 13.0. The third kappa shape index (κ3) is 4.86. The van der Waals surface area contributed by atoms with E-state index in [2.05, 4.69) is 52.0 Å². The summed E-state index contributed by atoms with van der Waals surface area (Å²) in [5, 5.41) is 9.57.